The molecule has 1 unspecified atom stereocenters. The van der Waals surface area contributed by atoms with Crippen molar-refractivity contribution in [2.24, 2.45) is 0 Å². The van der Waals surface area contributed by atoms with E-state index in [9.17, 15) is 4.79 Å². The summed E-state index contributed by atoms with van der Waals surface area (Å²) in [7, 11) is 0. The molecule has 1 atom stereocenters. The van der Waals surface area contributed by atoms with Gasteiger partial charge in [-0.25, -0.2) is 0 Å². The van der Waals surface area contributed by atoms with Crippen LogP contribution in [0.4, 0.5) is 0 Å². The Labute approximate surface area is 117 Å². The Bertz CT molecular complexity index is 486. The molecule has 0 aromatic heterocycles. The molecule has 0 aliphatic carbocycles. The molecule has 1 fully saturated rings. The molecule has 3 rings (SSSR count). The number of ether oxygens (including phenoxy) is 2. The molecule has 5 heteroatoms. The molecule has 2 aliphatic heterocycles. The summed E-state index contributed by atoms with van der Waals surface area (Å²) in [6.45, 7) is 3.14. The molecule has 1 saturated heterocycles. The molecule has 2 aliphatic rings. The Kier molecular flexibility index (Phi) is 3.62. The molecule has 102 valence electrons. The van der Waals surface area contributed by atoms with Gasteiger partial charge in [-0.1, -0.05) is 6.07 Å². The Morgan fingerprint density at radius 2 is 2.05 bits per heavy atom. The van der Waals surface area contributed by atoms with Gasteiger partial charge in [-0.05, 0) is 23.3 Å². The number of hydrogen-bond donors (Lipinski definition) is 0. The van der Waals surface area contributed by atoms with Gasteiger partial charge in [0.2, 0.25) is 5.91 Å². The maximum Gasteiger partial charge on any atom is 0.245 e. The number of amides is 1. The summed E-state index contributed by atoms with van der Waals surface area (Å²) in [6.07, 6.45) is 0.887. The lowest BCUT2D eigenvalue weighted by atomic mass is 10.1. The van der Waals surface area contributed by atoms with Crippen molar-refractivity contribution >= 4 is 17.5 Å². The van der Waals surface area contributed by atoms with Crippen LogP contribution in [0.5, 0.6) is 5.75 Å². The van der Waals surface area contributed by atoms with Crippen molar-refractivity contribution < 1.29 is 14.3 Å². The number of morpholine rings is 1. The fourth-order valence-corrected chi connectivity index (χ4v) is 2.72. The van der Waals surface area contributed by atoms with Crippen molar-refractivity contribution in [3.63, 3.8) is 0 Å². The summed E-state index contributed by atoms with van der Waals surface area (Å²) in [4.78, 5) is 14.1. The predicted molar refractivity (Wildman–Crippen MR) is 71.6 cm³/mol. The third-order valence-corrected chi connectivity index (χ3v) is 3.98. The standard InChI is InChI=1S/C14H16ClNO3/c15-13(14(17)16-4-7-18-8-5-16)11-1-2-12-10(9-11)3-6-19-12/h1-2,9,13H,3-8H2. The van der Waals surface area contributed by atoms with E-state index in [1.54, 1.807) is 4.90 Å². The van der Waals surface area contributed by atoms with Gasteiger partial charge in [0, 0.05) is 19.5 Å². The van der Waals surface area contributed by atoms with Crippen LogP contribution in [0, 0.1) is 0 Å². The minimum Gasteiger partial charge on any atom is -0.493 e. The maximum absolute atomic E-state index is 12.3. The Morgan fingerprint density at radius 3 is 2.84 bits per heavy atom. The first-order valence-corrected chi connectivity index (χ1v) is 6.95. The lowest BCUT2D eigenvalue weighted by Crippen LogP contribution is -2.42. The summed E-state index contributed by atoms with van der Waals surface area (Å²) < 4.78 is 10.7. The van der Waals surface area contributed by atoms with Gasteiger partial charge in [0.15, 0.2) is 0 Å². The maximum atomic E-state index is 12.3. The van der Waals surface area contributed by atoms with Gasteiger partial charge < -0.3 is 14.4 Å². The smallest absolute Gasteiger partial charge is 0.245 e. The van der Waals surface area contributed by atoms with Gasteiger partial charge >= 0.3 is 0 Å². The molecule has 0 radical (unpaired) electrons. The van der Waals surface area contributed by atoms with Gasteiger partial charge in [-0.3, -0.25) is 4.79 Å². The van der Waals surface area contributed by atoms with E-state index >= 15 is 0 Å². The number of benzene rings is 1. The number of alkyl halides is 1. The van der Waals surface area contributed by atoms with Crippen LogP contribution in [0.2, 0.25) is 0 Å². The molecule has 1 aromatic carbocycles. The summed E-state index contributed by atoms with van der Waals surface area (Å²) >= 11 is 6.32. The van der Waals surface area contributed by atoms with Crippen LogP contribution in [0.1, 0.15) is 16.5 Å². The van der Waals surface area contributed by atoms with Crippen LogP contribution < -0.4 is 4.74 Å². The van der Waals surface area contributed by atoms with Gasteiger partial charge in [0.25, 0.3) is 0 Å². The molecule has 0 spiro atoms. The van der Waals surface area contributed by atoms with E-state index < -0.39 is 5.38 Å². The zero-order valence-electron chi connectivity index (χ0n) is 10.6. The van der Waals surface area contributed by atoms with Crippen LogP contribution in [-0.2, 0) is 16.0 Å². The van der Waals surface area contributed by atoms with E-state index in [2.05, 4.69) is 0 Å². The first-order valence-electron chi connectivity index (χ1n) is 6.52. The Hall–Kier alpha value is -1.26. The molecule has 1 amide bonds. The van der Waals surface area contributed by atoms with Gasteiger partial charge in [-0.2, -0.15) is 0 Å². The van der Waals surface area contributed by atoms with Crippen molar-refractivity contribution in [1.82, 2.24) is 4.90 Å². The molecular weight excluding hydrogens is 266 g/mol. The van der Waals surface area contributed by atoms with Gasteiger partial charge in [0.05, 0.1) is 19.8 Å². The third-order valence-electron chi connectivity index (χ3n) is 3.55. The fourth-order valence-electron chi connectivity index (χ4n) is 2.45. The largest absolute Gasteiger partial charge is 0.493 e. The van der Waals surface area contributed by atoms with E-state index in [1.165, 1.54) is 0 Å². The number of carbonyl (C=O) groups is 1. The quantitative estimate of drug-likeness (QED) is 0.776. The number of rotatable bonds is 2. The summed E-state index contributed by atoms with van der Waals surface area (Å²) in [5.74, 6) is 0.871. The highest BCUT2D eigenvalue weighted by Crippen LogP contribution is 2.31. The molecule has 0 saturated carbocycles. The van der Waals surface area contributed by atoms with Crippen LogP contribution in [-0.4, -0.2) is 43.7 Å². The number of halogens is 1. The second-order valence-electron chi connectivity index (χ2n) is 4.77. The zero-order valence-corrected chi connectivity index (χ0v) is 11.4. The highest BCUT2D eigenvalue weighted by atomic mass is 35.5. The zero-order chi connectivity index (χ0) is 13.2. The van der Waals surface area contributed by atoms with Crippen LogP contribution >= 0.6 is 11.6 Å². The molecule has 4 nitrogen and oxygen atoms in total. The molecule has 1 aromatic rings. The second-order valence-corrected chi connectivity index (χ2v) is 5.20. The van der Waals surface area contributed by atoms with Crippen LogP contribution in [0.15, 0.2) is 18.2 Å². The fraction of sp³-hybridized carbons (Fsp3) is 0.500. The number of hydrogen-bond acceptors (Lipinski definition) is 3. The minimum absolute atomic E-state index is 0.0381. The average Bonchev–Trinajstić information content (AvgIpc) is 2.94. The van der Waals surface area contributed by atoms with E-state index in [0.717, 1.165) is 23.3 Å². The highest BCUT2D eigenvalue weighted by molar-refractivity contribution is 6.30. The second kappa shape index (κ2) is 5.39. The van der Waals surface area contributed by atoms with E-state index in [1.807, 2.05) is 18.2 Å². The molecule has 2 heterocycles. The predicted octanol–water partition coefficient (Wildman–Crippen LogP) is 1.76. The van der Waals surface area contributed by atoms with Gasteiger partial charge in [-0.15, -0.1) is 11.6 Å². The number of nitrogens with zero attached hydrogens (tertiary/aromatic N) is 1. The van der Waals surface area contributed by atoms with Gasteiger partial charge in [0.1, 0.15) is 11.1 Å². The normalized spacial score (nSPS) is 19.7. The van der Waals surface area contributed by atoms with Crippen molar-refractivity contribution in [3.05, 3.63) is 29.3 Å². The lowest BCUT2D eigenvalue weighted by molar-refractivity contribution is -0.134. The minimum atomic E-state index is -0.621. The highest BCUT2D eigenvalue weighted by Gasteiger charge is 2.26. The molecule has 19 heavy (non-hydrogen) atoms. The molecular formula is C14H16ClNO3. The number of carbonyl (C=O) groups excluding carboxylic acids is 1. The van der Waals surface area contributed by atoms with E-state index in [0.29, 0.717) is 32.9 Å². The number of fused-ring (bicyclic) bond motifs is 1. The first kappa shape index (κ1) is 12.8. The SMILES string of the molecule is O=C(C(Cl)c1ccc2c(c1)CCO2)N1CCOCC1. The summed E-state index contributed by atoms with van der Waals surface area (Å²) in [6, 6.07) is 5.76. The summed E-state index contributed by atoms with van der Waals surface area (Å²) in [5.41, 5.74) is 1.99. The third kappa shape index (κ3) is 2.55. The Balaban J connectivity index is 1.75. The molecule has 0 N–H and O–H groups in total. The van der Waals surface area contributed by atoms with Crippen LogP contribution in [0.25, 0.3) is 0 Å². The van der Waals surface area contributed by atoms with E-state index in [-0.39, 0.29) is 5.91 Å². The van der Waals surface area contributed by atoms with Crippen LogP contribution in [0.3, 0.4) is 0 Å². The van der Waals surface area contributed by atoms with E-state index in [4.69, 9.17) is 21.1 Å². The topological polar surface area (TPSA) is 38.8 Å². The van der Waals surface area contributed by atoms with Crippen molar-refractivity contribution in [2.45, 2.75) is 11.8 Å². The van der Waals surface area contributed by atoms with Crippen molar-refractivity contribution in [2.75, 3.05) is 32.9 Å². The van der Waals surface area contributed by atoms with Crippen molar-refractivity contribution in [3.8, 4) is 5.75 Å². The average molecular weight is 282 g/mol. The molecule has 0 bridgehead atoms. The Morgan fingerprint density at radius 1 is 1.26 bits per heavy atom. The lowest BCUT2D eigenvalue weighted by Gasteiger charge is -2.28. The summed E-state index contributed by atoms with van der Waals surface area (Å²) in [5, 5.41) is -0.621. The van der Waals surface area contributed by atoms with Crippen molar-refractivity contribution in [1.29, 1.82) is 0 Å². The first-order chi connectivity index (χ1) is 9.25. The monoisotopic (exact) mass is 281 g/mol.